The minimum absolute atomic E-state index is 0. The lowest BCUT2D eigenvalue weighted by Gasteiger charge is -2.34. The lowest BCUT2D eigenvalue weighted by atomic mass is 9.95. The summed E-state index contributed by atoms with van der Waals surface area (Å²) in [6.07, 6.45) is 6.31. The van der Waals surface area contributed by atoms with Crippen LogP contribution in [-0.2, 0) is 17.9 Å². The van der Waals surface area contributed by atoms with E-state index in [9.17, 15) is 4.79 Å². The van der Waals surface area contributed by atoms with Gasteiger partial charge in [0.25, 0.3) is 0 Å². The Bertz CT molecular complexity index is 792. The second-order valence-corrected chi connectivity index (χ2v) is 7.27. The molecule has 1 atom stereocenters. The molecule has 1 aromatic carbocycles. The van der Waals surface area contributed by atoms with Crippen molar-refractivity contribution in [3.05, 3.63) is 53.9 Å². The first-order valence-corrected chi connectivity index (χ1v) is 10.0. The number of carbonyl (C=O) groups excluding carboxylic acids is 1. The van der Waals surface area contributed by atoms with Crippen LogP contribution in [0.15, 0.2) is 47.7 Å². The molecule has 0 bridgehead atoms. The van der Waals surface area contributed by atoms with Gasteiger partial charge in [0.2, 0.25) is 5.91 Å². The Labute approximate surface area is 189 Å². The summed E-state index contributed by atoms with van der Waals surface area (Å²) in [7, 11) is 0. The van der Waals surface area contributed by atoms with Gasteiger partial charge in [-0.3, -0.25) is 9.48 Å². The normalized spacial score (nSPS) is 16.9. The number of halogens is 1. The first-order chi connectivity index (χ1) is 13.7. The number of carbonyl (C=O) groups is 1. The molecule has 29 heavy (non-hydrogen) atoms. The van der Waals surface area contributed by atoms with Crippen LogP contribution in [0, 0.1) is 5.92 Å². The Balaban J connectivity index is 0.00000300. The van der Waals surface area contributed by atoms with Crippen molar-refractivity contribution in [3.63, 3.8) is 0 Å². The van der Waals surface area contributed by atoms with Crippen molar-refractivity contribution in [2.24, 2.45) is 16.6 Å². The maximum atomic E-state index is 11.3. The summed E-state index contributed by atoms with van der Waals surface area (Å²) in [4.78, 5) is 18.5. The monoisotopic (exact) mass is 510 g/mol. The van der Waals surface area contributed by atoms with Crippen LogP contribution in [0.3, 0.4) is 0 Å². The van der Waals surface area contributed by atoms with E-state index in [1.165, 1.54) is 11.1 Å². The van der Waals surface area contributed by atoms with E-state index in [4.69, 9.17) is 10.7 Å². The van der Waals surface area contributed by atoms with E-state index >= 15 is 0 Å². The zero-order valence-electron chi connectivity index (χ0n) is 17.0. The Hall–Kier alpha value is -2.10. The summed E-state index contributed by atoms with van der Waals surface area (Å²) >= 11 is 0. The van der Waals surface area contributed by atoms with Gasteiger partial charge in [-0.15, -0.1) is 24.0 Å². The fourth-order valence-electron chi connectivity index (χ4n) is 3.73. The second kappa shape index (κ2) is 11.8. The van der Waals surface area contributed by atoms with E-state index in [2.05, 4.69) is 40.4 Å². The number of guanidine groups is 1. The predicted octanol–water partition coefficient (Wildman–Crippen LogP) is 2.60. The number of nitrogens with zero attached hydrogens (tertiary/aromatic N) is 4. The van der Waals surface area contributed by atoms with Crippen molar-refractivity contribution in [1.29, 1.82) is 0 Å². The number of aromatic nitrogens is 2. The van der Waals surface area contributed by atoms with Crippen molar-refractivity contribution in [2.45, 2.75) is 39.3 Å². The Morgan fingerprint density at radius 1 is 1.31 bits per heavy atom. The minimum atomic E-state index is -0.221. The topological polar surface area (TPSA) is 88.5 Å². The van der Waals surface area contributed by atoms with Crippen LogP contribution >= 0.6 is 24.0 Å². The number of aliphatic imine (C=N–C) groups is 1. The number of nitrogens with one attached hydrogen (secondary N) is 1. The van der Waals surface area contributed by atoms with E-state index in [-0.39, 0.29) is 29.9 Å². The summed E-state index contributed by atoms with van der Waals surface area (Å²) < 4.78 is 1.92. The molecule has 1 saturated heterocycles. The molecule has 0 saturated carbocycles. The van der Waals surface area contributed by atoms with Gasteiger partial charge < -0.3 is 16.0 Å². The largest absolute Gasteiger partial charge is 0.370 e. The molecule has 1 unspecified atom stereocenters. The SMILES string of the molecule is CCNC(=NCc1ccccc1Cn1cccn1)N1CCCC(CC(N)=O)C1.I. The van der Waals surface area contributed by atoms with Gasteiger partial charge in [0.05, 0.1) is 13.1 Å². The number of hydrogen-bond acceptors (Lipinski definition) is 3. The van der Waals surface area contributed by atoms with Crippen LogP contribution in [0.2, 0.25) is 0 Å². The van der Waals surface area contributed by atoms with Crippen LogP contribution < -0.4 is 11.1 Å². The van der Waals surface area contributed by atoms with E-state index in [0.717, 1.165) is 45.0 Å². The van der Waals surface area contributed by atoms with Gasteiger partial charge >= 0.3 is 0 Å². The molecule has 7 nitrogen and oxygen atoms in total. The first-order valence-electron chi connectivity index (χ1n) is 10.0. The maximum Gasteiger partial charge on any atom is 0.217 e. The smallest absolute Gasteiger partial charge is 0.217 e. The van der Waals surface area contributed by atoms with Gasteiger partial charge in [0, 0.05) is 38.4 Å². The van der Waals surface area contributed by atoms with Gasteiger partial charge in [-0.25, -0.2) is 4.99 Å². The number of benzene rings is 1. The number of amides is 1. The summed E-state index contributed by atoms with van der Waals surface area (Å²) in [5.74, 6) is 0.995. The van der Waals surface area contributed by atoms with E-state index in [1.807, 2.05) is 23.0 Å². The van der Waals surface area contributed by atoms with Gasteiger partial charge in [-0.05, 0) is 42.9 Å². The lowest BCUT2D eigenvalue weighted by molar-refractivity contribution is -0.119. The van der Waals surface area contributed by atoms with Crippen LogP contribution in [0.25, 0.3) is 0 Å². The molecule has 0 aliphatic carbocycles. The summed E-state index contributed by atoms with van der Waals surface area (Å²) in [6, 6.07) is 10.3. The van der Waals surface area contributed by atoms with Gasteiger partial charge in [0.1, 0.15) is 0 Å². The maximum absolute atomic E-state index is 11.3. The predicted molar refractivity (Wildman–Crippen MR) is 126 cm³/mol. The summed E-state index contributed by atoms with van der Waals surface area (Å²) in [5, 5.41) is 7.71. The van der Waals surface area contributed by atoms with Crippen molar-refractivity contribution < 1.29 is 4.79 Å². The first kappa shape index (κ1) is 23.2. The highest BCUT2D eigenvalue weighted by molar-refractivity contribution is 14.0. The quantitative estimate of drug-likeness (QED) is 0.341. The molecule has 1 aliphatic rings. The average molecular weight is 510 g/mol. The molecule has 3 N–H and O–H groups in total. The van der Waals surface area contributed by atoms with Gasteiger partial charge in [-0.2, -0.15) is 5.10 Å². The highest BCUT2D eigenvalue weighted by Crippen LogP contribution is 2.20. The number of nitrogens with two attached hydrogens (primary N) is 1. The van der Waals surface area contributed by atoms with Crippen LogP contribution in [0.5, 0.6) is 0 Å². The number of primary amides is 1. The molecule has 1 aliphatic heterocycles. The zero-order chi connectivity index (χ0) is 19.8. The second-order valence-electron chi connectivity index (χ2n) is 7.27. The molecule has 2 aromatic rings. The molecule has 8 heteroatoms. The zero-order valence-corrected chi connectivity index (χ0v) is 19.3. The Kier molecular flexibility index (Phi) is 9.43. The molecule has 1 aromatic heterocycles. The van der Waals surface area contributed by atoms with Crippen LogP contribution in [0.4, 0.5) is 0 Å². The summed E-state index contributed by atoms with van der Waals surface area (Å²) in [5.41, 5.74) is 7.81. The fraction of sp³-hybridized carbons (Fsp3) is 0.476. The van der Waals surface area contributed by atoms with Gasteiger partial charge in [-0.1, -0.05) is 24.3 Å². The van der Waals surface area contributed by atoms with Crippen molar-refractivity contribution in [1.82, 2.24) is 20.0 Å². The standard InChI is InChI=1S/C21H30N6O.HI/c1-2-23-21(26-11-5-7-17(15-26)13-20(22)28)24-14-18-8-3-4-9-19(18)16-27-12-6-10-25-27;/h3-4,6,8-10,12,17H,2,5,7,11,13-16H2,1H3,(H2,22,28)(H,23,24);1H. The molecular formula is C21H31IN6O. The van der Waals surface area contributed by atoms with Crippen LogP contribution in [-0.4, -0.2) is 46.2 Å². The third-order valence-corrected chi connectivity index (χ3v) is 5.05. The highest BCUT2D eigenvalue weighted by Gasteiger charge is 2.23. The average Bonchev–Trinajstić information content (AvgIpc) is 3.19. The summed E-state index contributed by atoms with van der Waals surface area (Å²) in [6.45, 7) is 6.01. The van der Waals surface area contributed by atoms with E-state index < -0.39 is 0 Å². The molecule has 1 amide bonds. The Morgan fingerprint density at radius 2 is 2.10 bits per heavy atom. The fourth-order valence-corrected chi connectivity index (χ4v) is 3.73. The van der Waals surface area contributed by atoms with Crippen molar-refractivity contribution in [3.8, 4) is 0 Å². The Morgan fingerprint density at radius 3 is 2.79 bits per heavy atom. The van der Waals surface area contributed by atoms with Crippen molar-refractivity contribution in [2.75, 3.05) is 19.6 Å². The minimum Gasteiger partial charge on any atom is -0.370 e. The molecule has 2 heterocycles. The third-order valence-electron chi connectivity index (χ3n) is 5.05. The molecule has 3 rings (SSSR count). The molecule has 0 spiro atoms. The molecule has 0 radical (unpaired) electrons. The lowest BCUT2D eigenvalue weighted by Crippen LogP contribution is -2.47. The van der Waals surface area contributed by atoms with E-state index in [1.54, 1.807) is 6.20 Å². The van der Waals surface area contributed by atoms with Crippen LogP contribution in [0.1, 0.15) is 37.3 Å². The molecular weight excluding hydrogens is 479 g/mol. The van der Waals surface area contributed by atoms with E-state index in [0.29, 0.717) is 18.9 Å². The highest BCUT2D eigenvalue weighted by atomic mass is 127. The number of likely N-dealkylation sites (tertiary alicyclic amines) is 1. The third kappa shape index (κ3) is 7.02. The molecule has 158 valence electrons. The number of piperidine rings is 1. The number of rotatable bonds is 7. The molecule has 1 fully saturated rings. The van der Waals surface area contributed by atoms with Crippen molar-refractivity contribution >= 4 is 35.8 Å². The van der Waals surface area contributed by atoms with Gasteiger partial charge in [0.15, 0.2) is 5.96 Å². The number of hydrogen-bond donors (Lipinski definition) is 2.